The third kappa shape index (κ3) is 1.88. The molecule has 0 rings (SSSR count). The van der Waals surface area contributed by atoms with Crippen LogP contribution in [0.25, 0.3) is 0 Å². The van der Waals surface area contributed by atoms with Gasteiger partial charge in [-0.15, -0.1) is 6.42 Å². The Kier molecular flexibility index (Phi) is 2.59. The zero-order valence-corrected chi connectivity index (χ0v) is 5.63. The lowest BCUT2D eigenvalue weighted by Crippen LogP contribution is -2.39. The van der Waals surface area contributed by atoms with Gasteiger partial charge in [0.15, 0.2) is 5.60 Å². The van der Waals surface area contributed by atoms with Gasteiger partial charge in [0.25, 0.3) is 0 Å². The summed E-state index contributed by atoms with van der Waals surface area (Å²) in [7, 11) is 0. The Bertz CT molecular complexity index is 200. The van der Waals surface area contributed by atoms with Gasteiger partial charge in [-0.1, -0.05) is 5.92 Å². The third-order valence-corrected chi connectivity index (χ3v) is 0.983. The van der Waals surface area contributed by atoms with Crippen molar-refractivity contribution >= 4 is 12.2 Å². The molecular formula is C6H9N3O. The number of amidine groups is 1. The van der Waals surface area contributed by atoms with Crippen LogP contribution in [0.4, 0.5) is 0 Å². The molecule has 0 amide bonds. The number of rotatable bonds is 2. The Balaban J connectivity index is 4.51. The maximum atomic E-state index is 9.13. The fourth-order valence-electron chi connectivity index (χ4n) is 0.269. The minimum atomic E-state index is -1.54. The second-order valence-electron chi connectivity index (χ2n) is 1.86. The van der Waals surface area contributed by atoms with Gasteiger partial charge in [-0.05, 0) is 6.92 Å². The van der Waals surface area contributed by atoms with Gasteiger partial charge in [-0.2, -0.15) is 0 Å². The fourth-order valence-corrected chi connectivity index (χ4v) is 0.269. The number of nitrogens with zero attached hydrogens (tertiary/aromatic N) is 1. The van der Waals surface area contributed by atoms with E-state index in [1.807, 2.05) is 5.92 Å². The lowest BCUT2D eigenvalue weighted by molar-refractivity contribution is 0.193. The molecule has 0 saturated carbocycles. The molecule has 4 N–H and O–H groups in total. The second-order valence-corrected chi connectivity index (χ2v) is 1.86. The van der Waals surface area contributed by atoms with Crippen LogP contribution in [0.3, 0.4) is 0 Å². The van der Waals surface area contributed by atoms with E-state index in [0.29, 0.717) is 0 Å². The molecule has 4 nitrogen and oxygen atoms in total. The Morgan fingerprint density at radius 2 is 2.50 bits per heavy atom. The molecular weight excluding hydrogens is 130 g/mol. The van der Waals surface area contributed by atoms with E-state index in [9.17, 15) is 0 Å². The SMILES string of the molecule is C#CC(C)(O)C(N)=NC=N. The predicted octanol–water partition coefficient (Wildman–Crippen LogP) is -0.665. The maximum Gasteiger partial charge on any atom is 0.179 e. The van der Waals surface area contributed by atoms with Gasteiger partial charge in [0.1, 0.15) is 12.2 Å². The number of nitrogens with one attached hydrogen (secondary N) is 1. The van der Waals surface area contributed by atoms with Crippen LogP contribution in [-0.2, 0) is 0 Å². The fraction of sp³-hybridized carbons (Fsp3) is 0.333. The Morgan fingerprint density at radius 3 is 2.80 bits per heavy atom. The third-order valence-electron chi connectivity index (χ3n) is 0.983. The van der Waals surface area contributed by atoms with E-state index in [1.165, 1.54) is 6.92 Å². The van der Waals surface area contributed by atoms with Crippen molar-refractivity contribution in [3.8, 4) is 12.3 Å². The normalized spacial score (nSPS) is 17.1. The van der Waals surface area contributed by atoms with Crippen LogP contribution in [0, 0.1) is 17.8 Å². The average molecular weight is 139 g/mol. The topological polar surface area (TPSA) is 82.5 Å². The first-order chi connectivity index (χ1) is 4.54. The summed E-state index contributed by atoms with van der Waals surface area (Å²) in [5, 5.41) is 15.6. The summed E-state index contributed by atoms with van der Waals surface area (Å²) in [6.07, 6.45) is 5.62. The summed E-state index contributed by atoms with van der Waals surface area (Å²) in [4.78, 5) is 3.31. The van der Waals surface area contributed by atoms with Crippen molar-refractivity contribution in [2.24, 2.45) is 10.7 Å². The van der Waals surface area contributed by atoms with Crippen molar-refractivity contribution < 1.29 is 5.11 Å². The van der Waals surface area contributed by atoms with Crippen molar-refractivity contribution in [1.29, 1.82) is 5.41 Å². The first-order valence-electron chi connectivity index (χ1n) is 2.57. The molecule has 0 bridgehead atoms. The molecule has 0 aliphatic rings. The second kappa shape index (κ2) is 2.99. The van der Waals surface area contributed by atoms with E-state index >= 15 is 0 Å². The number of terminal acetylenes is 1. The molecule has 0 aromatic rings. The van der Waals surface area contributed by atoms with Gasteiger partial charge in [0.2, 0.25) is 0 Å². The van der Waals surface area contributed by atoms with Crippen LogP contribution < -0.4 is 5.73 Å². The van der Waals surface area contributed by atoms with Crippen LogP contribution in [0.5, 0.6) is 0 Å². The van der Waals surface area contributed by atoms with Crippen LogP contribution in [0.2, 0.25) is 0 Å². The van der Waals surface area contributed by atoms with Crippen LogP contribution in [0.15, 0.2) is 4.99 Å². The number of nitrogens with two attached hydrogens (primary N) is 1. The van der Waals surface area contributed by atoms with E-state index < -0.39 is 5.60 Å². The molecule has 1 unspecified atom stereocenters. The highest BCUT2D eigenvalue weighted by atomic mass is 16.3. The molecule has 0 aromatic carbocycles. The lowest BCUT2D eigenvalue weighted by Gasteiger charge is -2.13. The molecule has 0 aromatic heterocycles. The Morgan fingerprint density at radius 1 is 2.00 bits per heavy atom. The Hall–Kier alpha value is -1.34. The molecule has 0 saturated heterocycles. The smallest absolute Gasteiger partial charge is 0.179 e. The van der Waals surface area contributed by atoms with E-state index in [-0.39, 0.29) is 5.84 Å². The minimum absolute atomic E-state index is 0.148. The number of aliphatic hydroxyl groups is 1. The summed E-state index contributed by atoms with van der Waals surface area (Å²) in [6.45, 7) is 1.33. The highest BCUT2D eigenvalue weighted by Crippen LogP contribution is 1.98. The lowest BCUT2D eigenvalue weighted by atomic mass is 10.1. The van der Waals surface area contributed by atoms with Crippen LogP contribution in [-0.4, -0.2) is 22.9 Å². The van der Waals surface area contributed by atoms with Crippen molar-refractivity contribution in [2.75, 3.05) is 0 Å². The molecule has 0 heterocycles. The van der Waals surface area contributed by atoms with E-state index in [1.54, 1.807) is 0 Å². The maximum absolute atomic E-state index is 9.13. The zero-order chi connectivity index (χ0) is 8.20. The largest absolute Gasteiger partial charge is 0.384 e. The number of hydrogen-bond donors (Lipinski definition) is 3. The van der Waals surface area contributed by atoms with Crippen molar-refractivity contribution in [2.45, 2.75) is 12.5 Å². The summed E-state index contributed by atoms with van der Waals surface area (Å²) in [6, 6.07) is 0. The van der Waals surface area contributed by atoms with Gasteiger partial charge in [0.05, 0.1) is 0 Å². The molecule has 0 aliphatic heterocycles. The summed E-state index contributed by atoms with van der Waals surface area (Å²) in [5.74, 6) is 1.87. The van der Waals surface area contributed by atoms with E-state index in [0.717, 1.165) is 6.34 Å². The van der Waals surface area contributed by atoms with Crippen LogP contribution in [0.1, 0.15) is 6.92 Å². The molecule has 4 heteroatoms. The average Bonchev–Trinajstić information content (AvgIpc) is 1.89. The highest BCUT2D eigenvalue weighted by molar-refractivity contribution is 5.95. The van der Waals surface area contributed by atoms with Gasteiger partial charge < -0.3 is 10.8 Å². The molecule has 10 heavy (non-hydrogen) atoms. The molecule has 0 radical (unpaired) electrons. The first kappa shape index (κ1) is 8.66. The molecule has 0 spiro atoms. The van der Waals surface area contributed by atoms with Gasteiger partial charge in [-0.25, -0.2) is 4.99 Å². The monoisotopic (exact) mass is 139 g/mol. The zero-order valence-electron chi connectivity index (χ0n) is 5.63. The number of aliphatic imine (C=N–C) groups is 1. The molecule has 0 fully saturated rings. The quantitative estimate of drug-likeness (QED) is 0.269. The van der Waals surface area contributed by atoms with Crippen molar-refractivity contribution in [3.05, 3.63) is 0 Å². The summed E-state index contributed by atoms with van der Waals surface area (Å²) >= 11 is 0. The number of hydrogen-bond acceptors (Lipinski definition) is 2. The van der Waals surface area contributed by atoms with Gasteiger partial charge >= 0.3 is 0 Å². The van der Waals surface area contributed by atoms with E-state index in [2.05, 4.69) is 4.99 Å². The van der Waals surface area contributed by atoms with Gasteiger partial charge in [0, 0.05) is 0 Å². The van der Waals surface area contributed by atoms with E-state index in [4.69, 9.17) is 22.7 Å². The molecule has 1 atom stereocenters. The standard InChI is InChI=1S/C6H9N3O/c1-3-6(2,10)5(8)9-4-7/h1,4,10H,2H3,(H3,7,8,9). The summed E-state index contributed by atoms with van der Waals surface area (Å²) in [5.41, 5.74) is 3.63. The van der Waals surface area contributed by atoms with Gasteiger partial charge in [-0.3, -0.25) is 5.41 Å². The van der Waals surface area contributed by atoms with Crippen molar-refractivity contribution in [3.63, 3.8) is 0 Å². The summed E-state index contributed by atoms with van der Waals surface area (Å²) < 4.78 is 0. The molecule has 54 valence electrons. The highest BCUT2D eigenvalue weighted by Gasteiger charge is 2.21. The first-order valence-corrected chi connectivity index (χ1v) is 2.57. The Labute approximate surface area is 59.3 Å². The van der Waals surface area contributed by atoms with Crippen molar-refractivity contribution in [1.82, 2.24) is 0 Å². The predicted molar refractivity (Wildman–Crippen MR) is 39.9 cm³/mol. The molecule has 0 aliphatic carbocycles. The van der Waals surface area contributed by atoms with Crippen LogP contribution >= 0.6 is 0 Å². The minimum Gasteiger partial charge on any atom is -0.384 e.